The standard InChI is InChI=1S/C27H20ClN3O6/c1-15(27(33)34)36-24-19(28)11-16(12-22(24)35-2)14-29-31-25(23-13-17-7-3-6-10-21(17)37-23)30-20-9-5-4-8-18(20)26(31)32/h3-15H,1-2H3,(H,33,34)/t15-/m1/s1. The molecule has 2 heterocycles. The van der Waals surface area contributed by atoms with Crippen LogP contribution in [0.25, 0.3) is 33.5 Å². The lowest BCUT2D eigenvalue weighted by Gasteiger charge is -2.15. The van der Waals surface area contributed by atoms with Gasteiger partial charge in [0.1, 0.15) is 5.58 Å². The van der Waals surface area contributed by atoms with Crippen molar-refractivity contribution in [1.82, 2.24) is 9.66 Å². The number of aliphatic carboxylic acids is 1. The van der Waals surface area contributed by atoms with Gasteiger partial charge in [-0.1, -0.05) is 41.9 Å². The zero-order chi connectivity index (χ0) is 26.1. The molecule has 10 heteroatoms. The molecule has 0 radical (unpaired) electrons. The number of para-hydroxylation sites is 2. The van der Waals surface area contributed by atoms with Crippen molar-refractivity contribution in [3.05, 3.63) is 87.7 Å². The summed E-state index contributed by atoms with van der Waals surface area (Å²) in [6, 6.07) is 19.3. The maximum absolute atomic E-state index is 13.4. The molecule has 0 aliphatic rings. The maximum Gasteiger partial charge on any atom is 0.344 e. The average Bonchev–Trinajstić information content (AvgIpc) is 3.33. The molecule has 0 aliphatic heterocycles. The van der Waals surface area contributed by atoms with Crippen molar-refractivity contribution < 1.29 is 23.8 Å². The second-order valence-corrected chi connectivity index (χ2v) is 8.50. The van der Waals surface area contributed by atoms with Crippen molar-refractivity contribution in [3.63, 3.8) is 0 Å². The minimum Gasteiger partial charge on any atom is -0.493 e. The van der Waals surface area contributed by atoms with E-state index in [-0.39, 0.29) is 27.9 Å². The first kappa shape index (κ1) is 24.1. The first-order chi connectivity index (χ1) is 17.9. The van der Waals surface area contributed by atoms with Crippen LogP contribution in [0.1, 0.15) is 12.5 Å². The number of nitrogens with zero attached hydrogens (tertiary/aromatic N) is 3. The second kappa shape index (κ2) is 9.79. The zero-order valence-corrected chi connectivity index (χ0v) is 20.5. The van der Waals surface area contributed by atoms with Crippen LogP contribution >= 0.6 is 11.6 Å². The number of hydrogen-bond acceptors (Lipinski definition) is 7. The van der Waals surface area contributed by atoms with Gasteiger partial charge in [0.2, 0.25) is 5.82 Å². The van der Waals surface area contributed by atoms with Crippen molar-refractivity contribution in [2.24, 2.45) is 5.10 Å². The highest BCUT2D eigenvalue weighted by molar-refractivity contribution is 6.32. The fourth-order valence-corrected chi connectivity index (χ4v) is 4.03. The molecule has 5 rings (SSSR count). The third-order valence-electron chi connectivity index (χ3n) is 5.62. The molecule has 0 spiro atoms. The van der Waals surface area contributed by atoms with E-state index < -0.39 is 12.1 Å². The fraction of sp³-hybridized carbons (Fsp3) is 0.111. The molecular weight excluding hydrogens is 498 g/mol. The summed E-state index contributed by atoms with van der Waals surface area (Å²) < 4.78 is 17.9. The highest BCUT2D eigenvalue weighted by Gasteiger charge is 2.20. The maximum atomic E-state index is 13.4. The van der Waals surface area contributed by atoms with Crippen molar-refractivity contribution in [3.8, 4) is 23.1 Å². The van der Waals surface area contributed by atoms with Crippen LogP contribution in [0.15, 0.2) is 81.0 Å². The van der Waals surface area contributed by atoms with Gasteiger partial charge in [0.25, 0.3) is 5.56 Å². The minimum absolute atomic E-state index is 0.0868. The molecule has 1 N–H and O–H groups in total. The third-order valence-corrected chi connectivity index (χ3v) is 5.90. The molecule has 0 amide bonds. The van der Waals surface area contributed by atoms with Gasteiger partial charge < -0.3 is 19.0 Å². The molecule has 37 heavy (non-hydrogen) atoms. The highest BCUT2D eigenvalue weighted by Crippen LogP contribution is 2.37. The van der Waals surface area contributed by atoms with E-state index in [4.69, 9.17) is 30.6 Å². The first-order valence-electron chi connectivity index (χ1n) is 11.2. The number of halogens is 1. The summed E-state index contributed by atoms with van der Waals surface area (Å²) in [7, 11) is 1.41. The van der Waals surface area contributed by atoms with Crippen LogP contribution in [0.2, 0.25) is 5.02 Å². The monoisotopic (exact) mass is 517 g/mol. The molecule has 0 fully saturated rings. The van der Waals surface area contributed by atoms with Gasteiger partial charge in [0.15, 0.2) is 23.4 Å². The van der Waals surface area contributed by atoms with E-state index in [9.17, 15) is 9.59 Å². The Balaban J connectivity index is 1.62. The van der Waals surface area contributed by atoms with Crippen LogP contribution in [-0.4, -0.2) is 40.2 Å². The number of rotatable bonds is 7. The predicted molar refractivity (Wildman–Crippen MR) is 140 cm³/mol. The normalized spacial score (nSPS) is 12.3. The Labute approximate surface area is 215 Å². The molecular formula is C27H20ClN3O6. The molecule has 2 aromatic heterocycles. The van der Waals surface area contributed by atoms with Gasteiger partial charge in [-0.15, -0.1) is 0 Å². The summed E-state index contributed by atoms with van der Waals surface area (Å²) >= 11 is 6.37. The van der Waals surface area contributed by atoms with E-state index in [1.54, 1.807) is 36.4 Å². The third kappa shape index (κ3) is 4.64. The Morgan fingerprint density at radius 1 is 1.16 bits per heavy atom. The number of carboxylic acids is 1. The Morgan fingerprint density at radius 2 is 1.92 bits per heavy atom. The lowest BCUT2D eigenvalue weighted by Crippen LogP contribution is -2.23. The summed E-state index contributed by atoms with van der Waals surface area (Å²) in [6.45, 7) is 1.38. The van der Waals surface area contributed by atoms with Crippen molar-refractivity contribution in [2.45, 2.75) is 13.0 Å². The summed E-state index contributed by atoms with van der Waals surface area (Å²) in [6.07, 6.45) is 0.280. The first-order valence-corrected chi connectivity index (χ1v) is 11.6. The number of aromatic nitrogens is 2. The molecule has 0 bridgehead atoms. The average molecular weight is 518 g/mol. The van der Waals surface area contributed by atoms with E-state index in [1.165, 1.54) is 26.3 Å². The molecule has 5 aromatic rings. The van der Waals surface area contributed by atoms with E-state index in [1.807, 2.05) is 24.3 Å². The molecule has 0 aliphatic carbocycles. The van der Waals surface area contributed by atoms with Gasteiger partial charge in [-0.05, 0) is 48.9 Å². The molecule has 3 aromatic carbocycles. The van der Waals surface area contributed by atoms with Crippen LogP contribution in [0, 0.1) is 0 Å². The van der Waals surface area contributed by atoms with Crippen molar-refractivity contribution in [2.75, 3.05) is 7.11 Å². The molecule has 0 saturated carbocycles. The largest absolute Gasteiger partial charge is 0.493 e. The van der Waals surface area contributed by atoms with E-state index in [2.05, 4.69) is 10.1 Å². The van der Waals surface area contributed by atoms with Gasteiger partial charge in [-0.25, -0.2) is 9.78 Å². The molecule has 0 saturated heterocycles. The van der Waals surface area contributed by atoms with E-state index >= 15 is 0 Å². The number of carboxylic acid groups (broad SMARTS) is 1. The van der Waals surface area contributed by atoms with Crippen LogP contribution in [0.3, 0.4) is 0 Å². The van der Waals surface area contributed by atoms with Crippen molar-refractivity contribution >= 4 is 45.7 Å². The Hall–Kier alpha value is -4.63. The van der Waals surface area contributed by atoms with E-state index in [0.29, 0.717) is 27.8 Å². The Morgan fingerprint density at radius 3 is 2.68 bits per heavy atom. The van der Waals surface area contributed by atoms with Gasteiger partial charge in [0.05, 0.1) is 29.2 Å². The van der Waals surface area contributed by atoms with Crippen LogP contribution in [-0.2, 0) is 4.79 Å². The van der Waals surface area contributed by atoms with Crippen LogP contribution in [0.4, 0.5) is 0 Å². The summed E-state index contributed by atoms with van der Waals surface area (Å²) in [5.74, 6) is -0.245. The molecule has 9 nitrogen and oxygen atoms in total. The number of hydrogen-bond donors (Lipinski definition) is 1. The SMILES string of the molecule is COc1cc(C=Nn2c(-c3cc4ccccc4o3)nc3ccccc3c2=O)cc(Cl)c1O[C@H](C)C(=O)O. The number of fused-ring (bicyclic) bond motifs is 2. The Kier molecular flexibility index (Phi) is 6.37. The number of methoxy groups -OCH3 is 1. The topological polar surface area (TPSA) is 116 Å². The van der Waals surface area contributed by atoms with Crippen molar-refractivity contribution in [1.29, 1.82) is 0 Å². The number of carbonyl (C=O) groups is 1. The Bertz CT molecular complexity index is 1710. The zero-order valence-electron chi connectivity index (χ0n) is 19.7. The lowest BCUT2D eigenvalue weighted by atomic mass is 10.2. The quantitative estimate of drug-likeness (QED) is 0.295. The smallest absolute Gasteiger partial charge is 0.344 e. The summed E-state index contributed by atoms with van der Waals surface area (Å²) in [5.41, 5.74) is 1.25. The molecule has 186 valence electrons. The predicted octanol–water partition coefficient (Wildman–Crippen LogP) is 5.21. The minimum atomic E-state index is -1.15. The molecule has 0 unspecified atom stereocenters. The number of benzene rings is 3. The fourth-order valence-electron chi connectivity index (χ4n) is 3.76. The summed E-state index contributed by atoms with van der Waals surface area (Å²) in [5, 5.41) is 14.9. The number of ether oxygens (including phenoxy) is 2. The van der Waals surface area contributed by atoms with Crippen LogP contribution in [0.5, 0.6) is 11.5 Å². The lowest BCUT2D eigenvalue weighted by molar-refractivity contribution is -0.144. The molecule has 1 atom stereocenters. The van der Waals surface area contributed by atoms with Gasteiger partial charge >= 0.3 is 5.97 Å². The van der Waals surface area contributed by atoms with Gasteiger partial charge in [-0.3, -0.25) is 4.79 Å². The van der Waals surface area contributed by atoms with Gasteiger partial charge in [-0.2, -0.15) is 9.78 Å². The van der Waals surface area contributed by atoms with Gasteiger partial charge in [0, 0.05) is 5.39 Å². The van der Waals surface area contributed by atoms with Crippen LogP contribution < -0.4 is 15.0 Å². The number of furan rings is 1. The summed E-state index contributed by atoms with van der Waals surface area (Å²) in [4.78, 5) is 29.3. The highest BCUT2D eigenvalue weighted by atomic mass is 35.5. The van der Waals surface area contributed by atoms with E-state index in [0.717, 1.165) is 10.1 Å². The second-order valence-electron chi connectivity index (χ2n) is 8.09.